The Kier molecular flexibility index (Phi) is 8.37. The minimum absolute atomic E-state index is 0.0344. The van der Waals surface area contributed by atoms with E-state index in [-0.39, 0.29) is 30.2 Å². The highest BCUT2D eigenvalue weighted by Crippen LogP contribution is 2.36. The van der Waals surface area contributed by atoms with Gasteiger partial charge in [-0.1, -0.05) is 6.07 Å². The molecule has 10 nitrogen and oxygen atoms in total. The summed E-state index contributed by atoms with van der Waals surface area (Å²) in [6.45, 7) is 0.355. The first-order chi connectivity index (χ1) is 11.3. The van der Waals surface area contributed by atoms with Gasteiger partial charge in [-0.2, -0.15) is 0 Å². The second-order valence-corrected chi connectivity index (χ2v) is 5.51. The van der Waals surface area contributed by atoms with Crippen LogP contribution in [0, 0.1) is 0 Å². The molecular weight excluding hydrogens is 341 g/mol. The maximum atomic E-state index is 11.5. The first-order valence-corrected chi connectivity index (χ1v) is 8.15. The van der Waals surface area contributed by atoms with Gasteiger partial charge in [0, 0.05) is 12.8 Å². The molecule has 0 aromatic heterocycles. The molecule has 0 saturated heterocycles. The summed E-state index contributed by atoms with van der Waals surface area (Å²) in [6.07, 6.45) is 0.625. The molecule has 1 aromatic carbocycles. The Morgan fingerprint density at radius 2 is 2.04 bits per heavy atom. The summed E-state index contributed by atoms with van der Waals surface area (Å²) in [5.41, 5.74) is 10.4. The molecule has 0 radical (unpaired) electrons. The molecule has 8 N–H and O–H groups in total. The molecule has 1 atom stereocenters. The molecule has 0 heterocycles. The van der Waals surface area contributed by atoms with Crippen LogP contribution in [0.1, 0.15) is 18.4 Å². The van der Waals surface area contributed by atoms with Gasteiger partial charge in [-0.3, -0.25) is 15.0 Å². The smallest absolute Gasteiger partial charge is 0.391 e. The number of phenols is 1. The van der Waals surface area contributed by atoms with E-state index in [0.29, 0.717) is 18.5 Å². The molecular formula is C13H20N3O7P. The van der Waals surface area contributed by atoms with Gasteiger partial charge in [-0.05, 0) is 30.7 Å². The number of carboxylic acid groups (broad SMARTS) is 1. The molecule has 134 valence electrons. The van der Waals surface area contributed by atoms with E-state index >= 15 is 0 Å². The Labute approximate surface area is 139 Å². The number of phenolic OH excluding ortho intramolecular Hbond substituents is 1. The Morgan fingerprint density at radius 1 is 1.33 bits per heavy atom. The van der Waals surface area contributed by atoms with E-state index in [4.69, 9.17) is 15.5 Å². The number of hydrazine groups is 1. The molecule has 1 rings (SSSR count). The summed E-state index contributed by atoms with van der Waals surface area (Å²) < 4.78 is 4.60. The number of aromatic hydroxyl groups is 1. The van der Waals surface area contributed by atoms with Gasteiger partial charge in [-0.25, -0.2) is 5.43 Å². The second-order valence-electron chi connectivity index (χ2n) is 4.83. The first-order valence-electron chi connectivity index (χ1n) is 6.98. The summed E-state index contributed by atoms with van der Waals surface area (Å²) in [5, 5.41) is 18.9. The fraction of sp³-hybridized carbons (Fsp3) is 0.385. The van der Waals surface area contributed by atoms with Crippen molar-refractivity contribution in [2.24, 2.45) is 5.73 Å². The highest BCUT2D eigenvalue weighted by molar-refractivity contribution is 7.39. The molecule has 1 amide bonds. The van der Waals surface area contributed by atoms with Gasteiger partial charge in [0.15, 0.2) is 11.5 Å². The zero-order chi connectivity index (χ0) is 18.1. The molecule has 1 unspecified atom stereocenters. The molecule has 0 bridgehead atoms. The quantitative estimate of drug-likeness (QED) is 0.211. The third kappa shape index (κ3) is 7.07. The molecule has 1 aromatic rings. The van der Waals surface area contributed by atoms with Gasteiger partial charge in [0.1, 0.15) is 6.04 Å². The van der Waals surface area contributed by atoms with E-state index in [0.717, 1.165) is 0 Å². The zero-order valence-electron chi connectivity index (χ0n) is 12.7. The van der Waals surface area contributed by atoms with Crippen molar-refractivity contribution < 1.29 is 34.1 Å². The number of nitrogens with one attached hydrogen (secondary N) is 2. The molecule has 0 aliphatic rings. The summed E-state index contributed by atoms with van der Waals surface area (Å²) in [4.78, 5) is 40.2. The van der Waals surface area contributed by atoms with E-state index < -0.39 is 20.6 Å². The van der Waals surface area contributed by atoms with E-state index in [1.807, 2.05) is 0 Å². The van der Waals surface area contributed by atoms with Crippen LogP contribution in [0.15, 0.2) is 18.2 Å². The van der Waals surface area contributed by atoms with Crippen molar-refractivity contribution in [3.05, 3.63) is 23.8 Å². The van der Waals surface area contributed by atoms with E-state index in [9.17, 15) is 19.8 Å². The number of aliphatic carboxylic acids is 1. The lowest BCUT2D eigenvalue weighted by Gasteiger charge is -2.16. The summed E-state index contributed by atoms with van der Waals surface area (Å²) in [7, 11) is -2.67. The minimum Gasteiger partial charge on any atom is -0.504 e. The third-order valence-electron chi connectivity index (χ3n) is 2.94. The van der Waals surface area contributed by atoms with Crippen molar-refractivity contribution in [3.63, 3.8) is 0 Å². The van der Waals surface area contributed by atoms with Crippen LogP contribution in [0.25, 0.3) is 0 Å². The normalized spacial score (nSPS) is 12.0. The number of nitrogens with two attached hydrogens (primary N) is 1. The van der Waals surface area contributed by atoms with Gasteiger partial charge < -0.3 is 30.3 Å². The monoisotopic (exact) mass is 361 g/mol. The van der Waals surface area contributed by atoms with Crippen molar-refractivity contribution in [2.75, 3.05) is 6.54 Å². The average molecular weight is 361 g/mol. The van der Waals surface area contributed by atoms with Gasteiger partial charge in [0.2, 0.25) is 5.91 Å². The lowest BCUT2D eigenvalue weighted by Crippen LogP contribution is -2.49. The Balaban J connectivity index is 2.66. The number of carboxylic acids is 1. The van der Waals surface area contributed by atoms with Gasteiger partial charge in [0.05, 0.1) is 0 Å². The number of hydrogen-bond acceptors (Lipinski definition) is 8. The number of benzene rings is 1. The first kappa shape index (κ1) is 20.1. The van der Waals surface area contributed by atoms with Crippen LogP contribution < -0.4 is 21.1 Å². The van der Waals surface area contributed by atoms with Crippen LogP contribution in [0.4, 0.5) is 0 Å². The average Bonchev–Trinajstić information content (AvgIpc) is 2.51. The molecule has 0 aliphatic carbocycles. The lowest BCUT2D eigenvalue weighted by atomic mass is 10.1. The largest absolute Gasteiger partial charge is 0.504 e. The SMILES string of the molecule is NCCCC(=O)NNC(Cc1ccc(OP(O)O)c(O)c1)C(=O)O. The van der Waals surface area contributed by atoms with Crippen LogP contribution in [0.2, 0.25) is 0 Å². The molecule has 0 aliphatic heterocycles. The van der Waals surface area contributed by atoms with Crippen LogP contribution in [0.5, 0.6) is 11.5 Å². The number of carbonyl (C=O) groups excluding carboxylic acids is 1. The Morgan fingerprint density at radius 3 is 2.58 bits per heavy atom. The molecule has 0 fully saturated rings. The van der Waals surface area contributed by atoms with Crippen molar-refractivity contribution in [1.29, 1.82) is 0 Å². The highest BCUT2D eigenvalue weighted by Gasteiger charge is 2.19. The summed E-state index contributed by atoms with van der Waals surface area (Å²) >= 11 is 0. The van der Waals surface area contributed by atoms with Gasteiger partial charge in [-0.15, -0.1) is 0 Å². The van der Waals surface area contributed by atoms with Gasteiger partial charge in [0.25, 0.3) is 0 Å². The highest BCUT2D eigenvalue weighted by atomic mass is 31.2. The lowest BCUT2D eigenvalue weighted by molar-refractivity contribution is -0.140. The zero-order valence-corrected chi connectivity index (χ0v) is 13.6. The van der Waals surface area contributed by atoms with Crippen LogP contribution in [0.3, 0.4) is 0 Å². The number of rotatable bonds is 10. The summed E-state index contributed by atoms with van der Waals surface area (Å²) in [5.74, 6) is -2.07. The summed E-state index contributed by atoms with van der Waals surface area (Å²) in [6, 6.07) is 2.86. The fourth-order valence-electron chi connectivity index (χ4n) is 1.78. The maximum absolute atomic E-state index is 11.5. The van der Waals surface area contributed by atoms with Crippen LogP contribution in [-0.4, -0.2) is 44.5 Å². The van der Waals surface area contributed by atoms with Crippen molar-refractivity contribution in [3.8, 4) is 11.5 Å². The van der Waals surface area contributed by atoms with Crippen molar-refractivity contribution in [1.82, 2.24) is 10.9 Å². The van der Waals surface area contributed by atoms with Crippen molar-refractivity contribution in [2.45, 2.75) is 25.3 Å². The third-order valence-corrected chi connectivity index (χ3v) is 3.30. The topological polar surface area (TPSA) is 174 Å². The predicted octanol–water partition coefficient (Wildman–Crippen LogP) is -0.662. The Hall–Kier alpha value is -1.97. The molecule has 0 spiro atoms. The predicted molar refractivity (Wildman–Crippen MR) is 84.8 cm³/mol. The second kappa shape index (κ2) is 10.0. The molecule has 11 heteroatoms. The van der Waals surface area contributed by atoms with E-state index in [2.05, 4.69) is 15.4 Å². The van der Waals surface area contributed by atoms with E-state index in [1.165, 1.54) is 18.2 Å². The molecule has 24 heavy (non-hydrogen) atoms. The van der Waals surface area contributed by atoms with Crippen molar-refractivity contribution >= 4 is 20.5 Å². The minimum atomic E-state index is -2.67. The Bertz CT molecular complexity index is 570. The van der Waals surface area contributed by atoms with Gasteiger partial charge >= 0.3 is 14.6 Å². The van der Waals surface area contributed by atoms with Crippen LogP contribution >= 0.6 is 8.60 Å². The van der Waals surface area contributed by atoms with E-state index in [1.54, 1.807) is 0 Å². The van der Waals surface area contributed by atoms with Crippen LogP contribution in [-0.2, 0) is 16.0 Å². The number of hydrogen-bond donors (Lipinski definition) is 7. The number of carbonyl (C=O) groups is 2. The maximum Gasteiger partial charge on any atom is 0.391 e. The fourth-order valence-corrected chi connectivity index (χ4v) is 2.11. The number of amides is 1. The molecule has 0 saturated carbocycles. The standard InChI is InChI=1S/C13H20N3O7P/c14-5-1-2-12(18)16-15-9(13(19)20)6-8-3-4-11(10(17)7-8)23-24(21)22/h3-4,7,9,15,17,21-22H,1-2,5-6,14H2,(H,16,18)(H,19,20).